The number of carbonyl (C=O) groups excluding carboxylic acids is 2. The minimum absolute atomic E-state index is 0.0495. The summed E-state index contributed by atoms with van der Waals surface area (Å²) in [5.41, 5.74) is 0. The molecule has 44 heavy (non-hydrogen) atoms. The van der Waals surface area contributed by atoms with Crippen LogP contribution in [0.15, 0.2) is 48.6 Å². The Kier molecular flexibility index (Phi) is 32.5. The fraction of sp³-hybridized carbons (Fsp3) is 0.667. The average Bonchev–Trinajstić information content (AvgIpc) is 2.98. The SMILES string of the molecule is CC/C=C\C/C=C\CC(=O)C(O)CCCCCCCC(=O)O.CC/C=C\CCC(=O)/C=C/C(O)CCCCCCCC(=O)O. The first-order valence-corrected chi connectivity index (χ1v) is 16.6. The molecule has 0 saturated heterocycles. The molecule has 0 aliphatic heterocycles. The smallest absolute Gasteiger partial charge is 0.303 e. The second-order valence-corrected chi connectivity index (χ2v) is 11.0. The van der Waals surface area contributed by atoms with Gasteiger partial charge in [-0.3, -0.25) is 19.2 Å². The lowest BCUT2D eigenvalue weighted by Crippen LogP contribution is -2.19. The third kappa shape index (κ3) is 35.4. The number of hydrogen-bond acceptors (Lipinski definition) is 6. The van der Waals surface area contributed by atoms with Crippen molar-refractivity contribution in [2.24, 2.45) is 0 Å². The highest BCUT2D eigenvalue weighted by Gasteiger charge is 2.12. The lowest BCUT2D eigenvalue weighted by molar-refractivity contribution is -0.138. The zero-order chi connectivity index (χ0) is 33.3. The van der Waals surface area contributed by atoms with E-state index in [0.717, 1.165) is 83.5 Å². The van der Waals surface area contributed by atoms with Gasteiger partial charge in [0, 0.05) is 25.7 Å². The van der Waals surface area contributed by atoms with Crippen LogP contribution in [0.3, 0.4) is 0 Å². The number of ketones is 2. The Morgan fingerprint density at radius 1 is 0.591 bits per heavy atom. The van der Waals surface area contributed by atoms with Gasteiger partial charge < -0.3 is 20.4 Å². The van der Waals surface area contributed by atoms with E-state index in [9.17, 15) is 29.4 Å². The normalized spacial score (nSPS) is 13.0. The van der Waals surface area contributed by atoms with E-state index in [4.69, 9.17) is 10.2 Å². The van der Waals surface area contributed by atoms with Crippen molar-refractivity contribution in [1.29, 1.82) is 0 Å². The highest BCUT2D eigenvalue weighted by atomic mass is 16.4. The summed E-state index contributed by atoms with van der Waals surface area (Å²) in [7, 11) is 0. The molecule has 0 heterocycles. The van der Waals surface area contributed by atoms with E-state index in [1.54, 1.807) is 6.08 Å². The van der Waals surface area contributed by atoms with Gasteiger partial charge in [-0.2, -0.15) is 0 Å². The summed E-state index contributed by atoms with van der Waals surface area (Å²) in [6.07, 6.45) is 28.4. The minimum atomic E-state index is -0.866. The third-order valence-electron chi connectivity index (χ3n) is 6.75. The summed E-state index contributed by atoms with van der Waals surface area (Å²) in [6.45, 7) is 4.13. The fourth-order valence-electron chi connectivity index (χ4n) is 4.15. The molecule has 0 aromatic carbocycles. The van der Waals surface area contributed by atoms with E-state index in [1.807, 2.05) is 24.3 Å². The molecule has 2 atom stereocenters. The number of unbranched alkanes of at least 4 members (excludes halogenated alkanes) is 8. The standard InChI is InChI=1S/2C18H30O4/c1-2-3-4-8-11-16(19)14-15-17(20)12-9-6-5-7-10-13-18(21)22;1-2-3-4-5-7-10-13-16(19)17(20)14-11-8-6-9-12-15-18(21)22/h3-4,14-15,17,20H,2,5-13H2,1H3,(H,21,22);3-4,7,10,17,20H,2,5-6,8-9,11-15H2,1H3,(H,21,22)/b4-3-,15-14+;4-3-,10-7-. The lowest BCUT2D eigenvalue weighted by atomic mass is 10.0. The first-order valence-electron chi connectivity index (χ1n) is 16.6. The number of aliphatic carboxylic acids is 2. The number of rotatable bonds is 28. The van der Waals surface area contributed by atoms with E-state index < -0.39 is 24.1 Å². The number of Topliss-reactive ketones (excluding diaryl/α,β-unsaturated/α-hetero) is 1. The molecule has 0 radical (unpaired) electrons. The van der Waals surface area contributed by atoms with Crippen LogP contribution in [0.1, 0.15) is 142 Å². The van der Waals surface area contributed by atoms with Gasteiger partial charge in [0.15, 0.2) is 11.6 Å². The molecule has 8 nitrogen and oxygen atoms in total. The van der Waals surface area contributed by atoms with Crippen molar-refractivity contribution in [2.45, 2.75) is 154 Å². The minimum Gasteiger partial charge on any atom is -0.481 e. The van der Waals surface area contributed by atoms with Crippen LogP contribution < -0.4 is 0 Å². The summed E-state index contributed by atoms with van der Waals surface area (Å²) >= 11 is 0. The molecule has 0 aliphatic rings. The Morgan fingerprint density at radius 2 is 1.09 bits per heavy atom. The molecule has 4 N–H and O–H groups in total. The first-order chi connectivity index (χ1) is 21.1. The lowest BCUT2D eigenvalue weighted by Gasteiger charge is -2.07. The summed E-state index contributed by atoms with van der Waals surface area (Å²) in [5.74, 6) is -1.57. The van der Waals surface area contributed by atoms with Gasteiger partial charge in [0.05, 0.1) is 6.10 Å². The van der Waals surface area contributed by atoms with Crippen LogP contribution in [-0.2, 0) is 19.2 Å². The number of carbonyl (C=O) groups is 4. The molecule has 0 bridgehead atoms. The van der Waals surface area contributed by atoms with Gasteiger partial charge in [-0.25, -0.2) is 0 Å². The van der Waals surface area contributed by atoms with Crippen LogP contribution in [0.2, 0.25) is 0 Å². The van der Waals surface area contributed by atoms with Crippen LogP contribution in [0.25, 0.3) is 0 Å². The molecule has 0 aromatic heterocycles. The van der Waals surface area contributed by atoms with Gasteiger partial charge in [0.2, 0.25) is 0 Å². The van der Waals surface area contributed by atoms with E-state index in [2.05, 4.69) is 26.0 Å². The quantitative estimate of drug-likeness (QED) is 0.0390. The number of aliphatic hydroxyl groups excluding tert-OH is 2. The van der Waals surface area contributed by atoms with Crippen LogP contribution >= 0.6 is 0 Å². The largest absolute Gasteiger partial charge is 0.481 e. The zero-order valence-corrected chi connectivity index (χ0v) is 27.3. The van der Waals surface area contributed by atoms with E-state index in [1.165, 1.54) is 6.08 Å². The van der Waals surface area contributed by atoms with Crippen LogP contribution in [0.5, 0.6) is 0 Å². The monoisotopic (exact) mass is 620 g/mol. The molecule has 0 rings (SSSR count). The van der Waals surface area contributed by atoms with Gasteiger partial charge in [0.1, 0.15) is 6.10 Å². The van der Waals surface area contributed by atoms with Gasteiger partial charge in [-0.05, 0) is 57.4 Å². The van der Waals surface area contributed by atoms with Crippen molar-refractivity contribution in [3.05, 3.63) is 48.6 Å². The molecule has 0 saturated carbocycles. The molecule has 8 heteroatoms. The summed E-state index contributed by atoms with van der Waals surface area (Å²) < 4.78 is 0. The van der Waals surface area contributed by atoms with Crippen molar-refractivity contribution in [3.8, 4) is 0 Å². The summed E-state index contributed by atoms with van der Waals surface area (Å²) in [6, 6.07) is 0. The molecule has 0 aliphatic carbocycles. The van der Waals surface area contributed by atoms with Crippen LogP contribution in [-0.4, -0.2) is 56.1 Å². The Labute approximate surface area is 266 Å². The van der Waals surface area contributed by atoms with Gasteiger partial charge in [-0.15, -0.1) is 0 Å². The first kappa shape index (κ1) is 43.3. The highest BCUT2D eigenvalue weighted by Crippen LogP contribution is 2.11. The maximum Gasteiger partial charge on any atom is 0.303 e. The molecular formula is C36H60O8. The fourth-order valence-corrected chi connectivity index (χ4v) is 4.15. The molecule has 0 amide bonds. The Morgan fingerprint density at radius 3 is 1.66 bits per heavy atom. The molecule has 0 aromatic rings. The molecular weight excluding hydrogens is 560 g/mol. The molecule has 0 fully saturated rings. The van der Waals surface area contributed by atoms with Gasteiger partial charge in [0.25, 0.3) is 0 Å². The topological polar surface area (TPSA) is 149 Å². The number of hydrogen-bond donors (Lipinski definition) is 4. The van der Waals surface area contributed by atoms with E-state index in [-0.39, 0.29) is 24.4 Å². The highest BCUT2D eigenvalue weighted by molar-refractivity contribution is 5.89. The number of allylic oxidation sites excluding steroid dienone is 7. The molecule has 252 valence electrons. The number of carboxylic acid groups (broad SMARTS) is 2. The summed E-state index contributed by atoms with van der Waals surface area (Å²) in [5, 5.41) is 36.5. The predicted molar refractivity (Wildman–Crippen MR) is 178 cm³/mol. The van der Waals surface area contributed by atoms with Crippen molar-refractivity contribution >= 4 is 23.5 Å². The second kappa shape index (κ2) is 33.1. The number of aliphatic hydroxyl groups is 2. The van der Waals surface area contributed by atoms with Gasteiger partial charge in [-0.1, -0.05) is 108 Å². The van der Waals surface area contributed by atoms with Crippen LogP contribution in [0.4, 0.5) is 0 Å². The van der Waals surface area contributed by atoms with E-state index >= 15 is 0 Å². The molecule has 0 spiro atoms. The Balaban J connectivity index is 0. The van der Waals surface area contributed by atoms with Crippen molar-refractivity contribution in [2.75, 3.05) is 0 Å². The van der Waals surface area contributed by atoms with Crippen molar-refractivity contribution < 1.29 is 39.6 Å². The van der Waals surface area contributed by atoms with Crippen molar-refractivity contribution in [3.63, 3.8) is 0 Å². The maximum absolute atomic E-state index is 11.7. The Hall–Kier alpha value is -2.84. The average molecular weight is 621 g/mol. The third-order valence-corrected chi connectivity index (χ3v) is 6.75. The zero-order valence-electron chi connectivity index (χ0n) is 27.3. The summed E-state index contributed by atoms with van der Waals surface area (Å²) in [4.78, 5) is 43.9. The van der Waals surface area contributed by atoms with Crippen molar-refractivity contribution in [1.82, 2.24) is 0 Å². The number of carboxylic acids is 2. The predicted octanol–water partition coefficient (Wildman–Crippen LogP) is 8.07. The Bertz CT molecular complexity index is 856. The van der Waals surface area contributed by atoms with Gasteiger partial charge >= 0.3 is 11.9 Å². The maximum atomic E-state index is 11.7. The second-order valence-electron chi connectivity index (χ2n) is 11.0. The van der Waals surface area contributed by atoms with E-state index in [0.29, 0.717) is 32.1 Å². The van der Waals surface area contributed by atoms with Crippen LogP contribution in [0, 0.1) is 0 Å². The molecule has 2 unspecified atom stereocenters.